The van der Waals surface area contributed by atoms with Gasteiger partial charge in [-0.1, -0.05) is 42.5 Å². The van der Waals surface area contributed by atoms with E-state index in [0.29, 0.717) is 56.6 Å². The van der Waals surface area contributed by atoms with Crippen molar-refractivity contribution < 1.29 is 22.3 Å². The first-order valence-corrected chi connectivity index (χ1v) is 14.5. The van der Waals surface area contributed by atoms with Crippen molar-refractivity contribution >= 4 is 15.9 Å². The highest BCUT2D eigenvalue weighted by molar-refractivity contribution is 7.89. The molecule has 2 aromatic carbocycles. The number of ether oxygens (including phenoxy) is 1. The molecule has 2 fully saturated rings. The normalized spacial score (nSPS) is 23.1. The maximum Gasteiger partial charge on any atom is 0.231 e. The lowest BCUT2D eigenvalue weighted by atomic mass is 9.73. The average molecular weight is 541 g/mol. The third-order valence-corrected chi connectivity index (χ3v) is 10.3. The molecule has 0 radical (unpaired) electrons. The van der Waals surface area contributed by atoms with Gasteiger partial charge in [0.15, 0.2) is 0 Å². The quantitative estimate of drug-likeness (QED) is 0.472. The number of nitrogens with zero attached hydrogens (tertiary/aromatic N) is 2. The fourth-order valence-corrected chi connectivity index (χ4v) is 7.77. The lowest BCUT2D eigenvalue weighted by molar-refractivity contribution is -0.130. The second kappa shape index (κ2) is 11.0. The van der Waals surface area contributed by atoms with Crippen LogP contribution in [-0.2, 0) is 38.1 Å². The molecule has 5 rings (SSSR count). The van der Waals surface area contributed by atoms with Crippen LogP contribution in [0.25, 0.3) is 0 Å². The zero-order valence-corrected chi connectivity index (χ0v) is 22.2. The number of hydrogen-bond acceptors (Lipinski definition) is 5. The first kappa shape index (κ1) is 26.5. The van der Waals surface area contributed by atoms with Crippen LogP contribution in [0.3, 0.4) is 0 Å². The number of aromatic nitrogens is 2. The minimum absolute atomic E-state index is 0.0538. The van der Waals surface area contributed by atoms with E-state index in [1.807, 2.05) is 37.3 Å². The number of sulfonamides is 1. The summed E-state index contributed by atoms with van der Waals surface area (Å²) < 4.78 is 49.7. The van der Waals surface area contributed by atoms with Crippen molar-refractivity contribution in [3.05, 3.63) is 89.0 Å². The fraction of sp³-hybridized carbons (Fsp3) is 0.429. The molecule has 0 spiro atoms. The highest BCUT2D eigenvalue weighted by Crippen LogP contribution is 2.39. The summed E-state index contributed by atoms with van der Waals surface area (Å²) >= 11 is 0. The standard InChI is InChI=1S/C28H33FN4O4S/c1-20-7-10-26(22-5-3-2-4-6-22)38(35,36)33(20)19-23-8-9-24(15-25(23)29)28(11-13-37-14-12-28)27(34)30-16-21-17-31-32-18-21/h2-6,8-9,15,17-18,20,26H,7,10-14,16,19H2,1H3,(H,30,34)(H,31,32)/t20-,26+/m0/s1. The van der Waals surface area contributed by atoms with E-state index in [1.165, 1.54) is 10.4 Å². The number of aromatic amines is 1. The number of benzene rings is 2. The van der Waals surface area contributed by atoms with Crippen molar-refractivity contribution in [1.82, 2.24) is 19.8 Å². The molecule has 8 nitrogen and oxygen atoms in total. The summed E-state index contributed by atoms with van der Waals surface area (Å²) in [5, 5.41) is 8.95. The van der Waals surface area contributed by atoms with Crippen LogP contribution >= 0.6 is 0 Å². The van der Waals surface area contributed by atoms with Gasteiger partial charge in [0, 0.05) is 49.7 Å². The number of amides is 1. The Balaban J connectivity index is 1.39. The Bertz CT molecular complexity index is 1360. The lowest BCUT2D eigenvalue weighted by Crippen LogP contribution is -2.48. The van der Waals surface area contributed by atoms with Crippen LogP contribution < -0.4 is 5.32 Å². The summed E-state index contributed by atoms with van der Waals surface area (Å²) in [7, 11) is -3.69. The molecule has 2 atom stereocenters. The second-order valence-electron chi connectivity index (χ2n) is 10.2. The van der Waals surface area contributed by atoms with Gasteiger partial charge in [0.25, 0.3) is 0 Å². The van der Waals surface area contributed by atoms with Gasteiger partial charge in [0.2, 0.25) is 15.9 Å². The van der Waals surface area contributed by atoms with E-state index in [9.17, 15) is 13.2 Å². The molecule has 2 aliphatic rings. The number of hydrogen-bond donors (Lipinski definition) is 2. The number of carbonyl (C=O) groups is 1. The van der Waals surface area contributed by atoms with Crippen LogP contribution in [0.5, 0.6) is 0 Å². The summed E-state index contributed by atoms with van der Waals surface area (Å²) in [5.41, 5.74) is 1.53. The SMILES string of the molecule is C[C@H]1CC[C@H](c2ccccc2)S(=O)(=O)N1Cc1ccc(C2(C(=O)NCc3cn[nH]c3)CCOCC2)cc1F. The summed E-state index contributed by atoms with van der Waals surface area (Å²) in [6.45, 7) is 2.92. The molecule has 10 heteroatoms. The van der Waals surface area contributed by atoms with Gasteiger partial charge < -0.3 is 10.1 Å². The van der Waals surface area contributed by atoms with Gasteiger partial charge in [-0.25, -0.2) is 12.8 Å². The van der Waals surface area contributed by atoms with Crippen molar-refractivity contribution in [3.8, 4) is 0 Å². The van der Waals surface area contributed by atoms with Crippen LogP contribution in [0, 0.1) is 5.82 Å². The van der Waals surface area contributed by atoms with E-state index in [-0.39, 0.29) is 18.5 Å². The molecule has 0 aliphatic carbocycles. The Morgan fingerprint density at radius 1 is 1.18 bits per heavy atom. The second-order valence-corrected chi connectivity index (χ2v) is 12.3. The monoisotopic (exact) mass is 540 g/mol. The maximum atomic E-state index is 15.6. The first-order valence-electron chi connectivity index (χ1n) is 13.0. The number of rotatable bonds is 7. The Morgan fingerprint density at radius 3 is 2.63 bits per heavy atom. The molecular weight excluding hydrogens is 507 g/mol. The van der Waals surface area contributed by atoms with Crippen molar-refractivity contribution in [3.63, 3.8) is 0 Å². The highest BCUT2D eigenvalue weighted by Gasteiger charge is 2.43. The Kier molecular flexibility index (Phi) is 7.65. The number of halogens is 1. The number of nitrogens with one attached hydrogen (secondary N) is 2. The van der Waals surface area contributed by atoms with Crippen LogP contribution in [0.4, 0.5) is 4.39 Å². The summed E-state index contributed by atoms with van der Waals surface area (Å²) in [6.07, 6.45) is 5.44. The van der Waals surface area contributed by atoms with Crippen molar-refractivity contribution in [2.75, 3.05) is 13.2 Å². The predicted octanol–water partition coefficient (Wildman–Crippen LogP) is 3.97. The van der Waals surface area contributed by atoms with Gasteiger partial charge in [-0.05, 0) is 49.8 Å². The largest absolute Gasteiger partial charge is 0.381 e. The number of H-pyrrole nitrogens is 1. The van der Waals surface area contributed by atoms with Crippen LogP contribution in [0.1, 0.15) is 60.1 Å². The lowest BCUT2D eigenvalue weighted by Gasteiger charge is -2.38. The predicted molar refractivity (Wildman–Crippen MR) is 141 cm³/mol. The van der Waals surface area contributed by atoms with E-state index < -0.39 is 26.5 Å². The van der Waals surface area contributed by atoms with Crippen molar-refractivity contribution in [2.24, 2.45) is 0 Å². The molecule has 3 heterocycles. The van der Waals surface area contributed by atoms with Gasteiger partial charge in [0.05, 0.1) is 11.6 Å². The highest BCUT2D eigenvalue weighted by atomic mass is 32.2. The molecule has 2 aliphatic heterocycles. The van der Waals surface area contributed by atoms with E-state index in [4.69, 9.17) is 4.74 Å². The van der Waals surface area contributed by atoms with E-state index in [1.54, 1.807) is 24.5 Å². The van der Waals surface area contributed by atoms with E-state index in [0.717, 1.165) is 11.1 Å². The molecule has 0 bridgehead atoms. The van der Waals surface area contributed by atoms with Crippen LogP contribution in [0.2, 0.25) is 0 Å². The molecule has 2 saturated heterocycles. The summed E-state index contributed by atoms with van der Waals surface area (Å²) in [5.74, 6) is -0.702. The molecule has 1 amide bonds. The van der Waals surface area contributed by atoms with Gasteiger partial charge in [-0.2, -0.15) is 9.40 Å². The molecule has 38 heavy (non-hydrogen) atoms. The molecule has 1 aromatic heterocycles. The van der Waals surface area contributed by atoms with E-state index in [2.05, 4.69) is 15.5 Å². The molecule has 202 valence electrons. The maximum absolute atomic E-state index is 15.6. The zero-order valence-electron chi connectivity index (χ0n) is 21.4. The fourth-order valence-electron chi connectivity index (χ4n) is 5.59. The molecule has 0 saturated carbocycles. The average Bonchev–Trinajstić information content (AvgIpc) is 3.45. The first-order chi connectivity index (χ1) is 18.3. The Hall–Kier alpha value is -3.08. The third kappa shape index (κ3) is 5.12. The molecule has 0 unspecified atom stereocenters. The number of carbonyl (C=O) groups excluding carboxylic acids is 1. The summed E-state index contributed by atoms with van der Waals surface area (Å²) in [4.78, 5) is 13.4. The van der Waals surface area contributed by atoms with Crippen LogP contribution in [0.15, 0.2) is 60.9 Å². The molecule has 3 aromatic rings. The topological polar surface area (TPSA) is 104 Å². The van der Waals surface area contributed by atoms with Gasteiger partial charge in [0.1, 0.15) is 11.1 Å². The van der Waals surface area contributed by atoms with Crippen molar-refractivity contribution in [1.29, 1.82) is 0 Å². The van der Waals surface area contributed by atoms with Gasteiger partial charge >= 0.3 is 0 Å². The third-order valence-electron chi connectivity index (χ3n) is 7.92. The van der Waals surface area contributed by atoms with Gasteiger partial charge in [-0.3, -0.25) is 9.89 Å². The molecule has 2 N–H and O–H groups in total. The van der Waals surface area contributed by atoms with Gasteiger partial charge in [-0.15, -0.1) is 0 Å². The zero-order chi connectivity index (χ0) is 26.8. The van der Waals surface area contributed by atoms with E-state index >= 15 is 4.39 Å². The minimum Gasteiger partial charge on any atom is -0.381 e. The van der Waals surface area contributed by atoms with Crippen LogP contribution in [-0.4, -0.2) is 48.1 Å². The molecular formula is C28H33FN4O4S. The Labute approximate surface area is 222 Å². The Morgan fingerprint density at radius 2 is 1.95 bits per heavy atom. The minimum atomic E-state index is -3.69. The van der Waals surface area contributed by atoms with Crippen molar-refractivity contribution in [2.45, 2.75) is 62.4 Å². The smallest absolute Gasteiger partial charge is 0.231 e. The summed E-state index contributed by atoms with van der Waals surface area (Å²) in [6, 6.07) is 13.7.